The summed E-state index contributed by atoms with van der Waals surface area (Å²) in [7, 11) is 0. The number of hydrogen-bond donors (Lipinski definition) is 2. The molecule has 0 aliphatic carbocycles. The maximum Gasteiger partial charge on any atom is 0.238 e. The Morgan fingerprint density at radius 2 is 1.71 bits per heavy atom. The van der Waals surface area contributed by atoms with Gasteiger partial charge in [-0.05, 0) is 48.6 Å². The Balaban J connectivity index is 1.99. The highest BCUT2D eigenvalue weighted by Gasteiger charge is 2.12. The van der Waals surface area contributed by atoms with Crippen LogP contribution in [0.5, 0.6) is 0 Å². The van der Waals surface area contributed by atoms with Crippen molar-refractivity contribution in [3.63, 3.8) is 0 Å². The molecule has 0 radical (unpaired) electrons. The molecule has 1 atom stereocenters. The van der Waals surface area contributed by atoms with Crippen molar-refractivity contribution in [1.82, 2.24) is 5.32 Å². The van der Waals surface area contributed by atoms with E-state index in [1.54, 1.807) is 0 Å². The third-order valence-corrected chi connectivity index (χ3v) is 4.42. The standard InChI is InChI=1S/C20H25ClN2O/c1-4-15-8-6-9-16(5-2)20(15)23-19(24)13-22-14(3)17-10-7-11-18(21)12-17/h6-12,14,22H,4-5,13H2,1-3H3,(H,23,24)/t14-/m0/s1. The normalized spacial score (nSPS) is 12.0. The van der Waals surface area contributed by atoms with E-state index in [0.717, 1.165) is 24.1 Å². The van der Waals surface area contributed by atoms with Crippen molar-refractivity contribution < 1.29 is 4.79 Å². The molecule has 2 rings (SSSR count). The molecule has 2 aromatic carbocycles. The first kappa shape index (κ1) is 18.5. The van der Waals surface area contributed by atoms with Crippen molar-refractivity contribution in [2.75, 3.05) is 11.9 Å². The first-order valence-electron chi connectivity index (χ1n) is 8.44. The predicted octanol–water partition coefficient (Wildman–Crippen LogP) is 4.75. The molecular formula is C20H25ClN2O. The maximum atomic E-state index is 12.4. The lowest BCUT2D eigenvalue weighted by atomic mass is 10.0. The van der Waals surface area contributed by atoms with Crippen LogP contribution in [-0.4, -0.2) is 12.5 Å². The van der Waals surface area contributed by atoms with E-state index < -0.39 is 0 Å². The van der Waals surface area contributed by atoms with Gasteiger partial charge in [-0.15, -0.1) is 0 Å². The van der Waals surface area contributed by atoms with Crippen LogP contribution >= 0.6 is 11.6 Å². The fraction of sp³-hybridized carbons (Fsp3) is 0.350. The molecule has 0 fully saturated rings. The molecular weight excluding hydrogens is 320 g/mol. The summed E-state index contributed by atoms with van der Waals surface area (Å²) < 4.78 is 0. The van der Waals surface area contributed by atoms with Gasteiger partial charge in [-0.1, -0.05) is 55.8 Å². The predicted molar refractivity (Wildman–Crippen MR) is 102 cm³/mol. The second kappa shape index (κ2) is 8.86. The minimum Gasteiger partial charge on any atom is -0.324 e. The Bertz CT molecular complexity index is 678. The third kappa shape index (κ3) is 4.83. The van der Waals surface area contributed by atoms with Crippen LogP contribution in [0.3, 0.4) is 0 Å². The van der Waals surface area contributed by atoms with Crippen LogP contribution < -0.4 is 10.6 Å². The summed E-state index contributed by atoms with van der Waals surface area (Å²) in [5.74, 6) is -0.0283. The highest BCUT2D eigenvalue weighted by Crippen LogP contribution is 2.22. The molecule has 0 bridgehead atoms. The first-order valence-corrected chi connectivity index (χ1v) is 8.82. The smallest absolute Gasteiger partial charge is 0.238 e. The molecule has 0 spiro atoms. The molecule has 2 aromatic rings. The SMILES string of the molecule is CCc1cccc(CC)c1NC(=O)CN[C@@H](C)c1cccc(Cl)c1. The zero-order valence-corrected chi connectivity index (χ0v) is 15.3. The van der Waals surface area contributed by atoms with E-state index in [-0.39, 0.29) is 18.5 Å². The van der Waals surface area contributed by atoms with E-state index in [4.69, 9.17) is 11.6 Å². The Labute approximate surface area is 149 Å². The summed E-state index contributed by atoms with van der Waals surface area (Å²) in [5, 5.41) is 7.03. The summed E-state index contributed by atoms with van der Waals surface area (Å²) in [6.45, 7) is 6.49. The summed E-state index contributed by atoms with van der Waals surface area (Å²) in [4.78, 5) is 12.4. The number of aryl methyl sites for hydroxylation is 2. The average molecular weight is 345 g/mol. The van der Waals surface area contributed by atoms with Crippen LogP contribution in [0.1, 0.15) is 43.5 Å². The molecule has 4 heteroatoms. The van der Waals surface area contributed by atoms with Crippen molar-refractivity contribution in [2.45, 2.75) is 39.7 Å². The Hall–Kier alpha value is -1.84. The Kier molecular flexibility index (Phi) is 6.83. The number of anilines is 1. The van der Waals surface area contributed by atoms with Gasteiger partial charge in [0.15, 0.2) is 0 Å². The van der Waals surface area contributed by atoms with Gasteiger partial charge in [0.05, 0.1) is 6.54 Å². The second-order valence-electron chi connectivity index (χ2n) is 5.86. The number of carbonyl (C=O) groups excluding carboxylic acids is 1. The number of nitrogens with one attached hydrogen (secondary N) is 2. The van der Waals surface area contributed by atoms with Crippen LogP contribution in [0.2, 0.25) is 5.02 Å². The van der Waals surface area contributed by atoms with Crippen LogP contribution in [0.15, 0.2) is 42.5 Å². The van der Waals surface area contributed by atoms with Gasteiger partial charge in [0, 0.05) is 16.8 Å². The summed E-state index contributed by atoms with van der Waals surface area (Å²) in [6.07, 6.45) is 1.80. The number of halogens is 1. The highest BCUT2D eigenvalue weighted by atomic mass is 35.5. The molecule has 3 nitrogen and oxygen atoms in total. The van der Waals surface area contributed by atoms with Gasteiger partial charge in [0.25, 0.3) is 0 Å². The number of para-hydroxylation sites is 1. The molecule has 128 valence electrons. The number of hydrogen-bond acceptors (Lipinski definition) is 2. The zero-order valence-electron chi connectivity index (χ0n) is 14.5. The van der Waals surface area contributed by atoms with Crippen LogP contribution in [0, 0.1) is 0 Å². The topological polar surface area (TPSA) is 41.1 Å². The van der Waals surface area contributed by atoms with E-state index in [2.05, 4.69) is 36.6 Å². The van der Waals surface area contributed by atoms with Gasteiger partial charge in [-0.25, -0.2) is 0 Å². The average Bonchev–Trinajstić information content (AvgIpc) is 2.59. The van der Waals surface area contributed by atoms with E-state index in [0.29, 0.717) is 5.02 Å². The second-order valence-corrected chi connectivity index (χ2v) is 6.30. The van der Waals surface area contributed by atoms with Gasteiger partial charge in [-0.2, -0.15) is 0 Å². The van der Waals surface area contributed by atoms with E-state index in [1.165, 1.54) is 11.1 Å². The van der Waals surface area contributed by atoms with E-state index in [9.17, 15) is 4.79 Å². The molecule has 24 heavy (non-hydrogen) atoms. The molecule has 1 amide bonds. The summed E-state index contributed by atoms with van der Waals surface area (Å²) in [5.41, 5.74) is 4.37. The molecule has 0 aliphatic rings. The van der Waals surface area contributed by atoms with Crippen molar-refractivity contribution in [1.29, 1.82) is 0 Å². The first-order chi connectivity index (χ1) is 11.5. The molecule has 0 saturated carbocycles. The zero-order chi connectivity index (χ0) is 17.5. The molecule has 0 aromatic heterocycles. The molecule has 0 heterocycles. The molecule has 0 aliphatic heterocycles. The number of benzene rings is 2. The third-order valence-electron chi connectivity index (χ3n) is 4.18. The van der Waals surface area contributed by atoms with E-state index >= 15 is 0 Å². The van der Waals surface area contributed by atoms with Gasteiger partial charge < -0.3 is 10.6 Å². The van der Waals surface area contributed by atoms with Gasteiger partial charge >= 0.3 is 0 Å². The van der Waals surface area contributed by atoms with Gasteiger partial charge in [-0.3, -0.25) is 4.79 Å². The lowest BCUT2D eigenvalue weighted by Crippen LogP contribution is -2.30. The van der Waals surface area contributed by atoms with Gasteiger partial charge in [0.1, 0.15) is 0 Å². The number of amides is 1. The number of carbonyl (C=O) groups is 1. The summed E-state index contributed by atoms with van der Waals surface area (Å²) >= 11 is 6.02. The molecule has 0 saturated heterocycles. The quantitative estimate of drug-likeness (QED) is 0.760. The van der Waals surface area contributed by atoms with Crippen molar-refractivity contribution in [3.05, 3.63) is 64.2 Å². The highest BCUT2D eigenvalue weighted by molar-refractivity contribution is 6.30. The fourth-order valence-electron chi connectivity index (χ4n) is 2.73. The monoisotopic (exact) mass is 344 g/mol. The van der Waals surface area contributed by atoms with Crippen LogP contribution in [0.4, 0.5) is 5.69 Å². The van der Waals surface area contributed by atoms with Crippen molar-refractivity contribution >= 4 is 23.2 Å². The fourth-order valence-corrected chi connectivity index (χ4v) is 2.93. The largest absolute Gasteiger partial charge is 0.324 e. The number of rotatable bonds is 7. The maximum absolute atomic E-state index is 12.4. The minimum atomic E-state index is -0.0283. The van der Waals surface area contributed by atoms with Crippen molar-refractivity contribution in [3.8, 4) is 0 Å². The molecule has 0 unspecified atom stereocenters. The molecule has 2 N–H and O–H groups in total. The summed E-state index contributed by atoms with van der Waals surface area (Å²) in [6, 6.07) is 13.9. The lowest BCUT2D eigenvalue weighted by Gasteiger charge is -2.17. The van der Waals surface area contributed by atoms with Crippen LogP contribution in [-0.2, 0) is 17.6 Å². The lowest BCUT2D eigenvalue weighted by molar-refractivity contribution is -0.115. The van der Waals surface area contributed by atoms with E-state index in [1.807, 2.05) is 37.3 Å². The Morgan fingerprint density at radius 3 is 2.29 bits per heavy atom. The Morgan fingerprint density at radius 1 is 1.08 bits per heavy atom. The van der Waals surface area contributed by atoms with Crippen LogP contribution in [0.25, 0.3) is 0 Å². The van der Waals surface area contributed by atoms with Gasteiger partial charge in [0.2, 0.25) is 5.91 Å². The van der Waals surface area contributed by atoms with Crippen molar-refractivity contribution in [2.24, 2.45) is 0 Å². The minimum absolute atomic E-state index is 0.0283.